The van der Waals surface area contributed by atoms with Crippen LogP contribution in [0, 0.1) is 0 Å². The van der Waals surface area contributed by atoms with Gasteiger partial charge in [-0.25, -0.2) is 4.57 Å². The highest BCUT2D eigenvalue weighted by molar-refractivity contribution is 7.47. The summed E-state index contributed by atoms with van der Waals surface area (Å²) >= 11 is 0. The molecule has 0 saturated heterocycles. The predicted octanol–water partition coefficient (Wildman–Crippen LogP) is 11.7. The van der Waals surface area contributed by atoms with Crippen molar-refractivity contribution < 1.29 is 37.6 Å². The van der Waals surface area contributed by atoms with Crippen LogP contribution in [0.3, 0.4) is 0 Å². The summed E-state index contributed by atoms with van der Waals surface area (Å²) in [5.74, 6) is -0.806. The number of ether oxygens (including phenoxy) is 2. The molecule has 0 aliphatic rings. The fraction of sp³-hybridized carbons (Fsp3) is 0.895. The molecule has 0 radical (unpaired) electrons. The summed E-state index contributed by atoms with van der Waals surface area (Å²) in [5.41, 5.74) is 0. The number of esters is 2. The van der Waals surface area contributed by atoms with E-state index in [1.165, 1.54) is 109 Å². The third kappa shape index (κ3) is 34.5. The van der Waals surface area contributed by atoms with E-state index in [1.54, 1.807) is 0 Å². The molecule has 0 aliphatic heterocycles. The van der Waals surface area contributed by atoms with Crippen molar-refractivity contribution in [1.82, 2.24) is 0 Å². The molecule has 2 atom stereocenters. The maximum atomic E-state index is 12.4. The van der Waals surface area contributed by atoms with Crippen LogP contribution in [0.25, 0.3) is 0 Å². The van der Waals surface area contributed by atoms with E-state index >= 15 is 0 Å². The second-order valence-corrected chi connectivity index (χ2v) is 14.6. The zero-order valence-corrected chi connectivity index (χ0v) is 31.6. The summed E-state index contributed by atoms with van der Waals surface area (Å²) in [6, 6.07) is 0. The average molecular weight is 689 g/mol. The normalized spacial score (nSPS) is 13.5. The number of rotatable bonds is 36. The van der Waals surface area contributed by atoms with Crippen molar-refractivity contribution in [3.8, 4) is 0 Å². The third-order valence-electron chi connectivity index (χ3n) is 8.51. The first-order chi connectivity index (χ1) is 22.8. The molecule has 0 bridgehead atoms. The molecule has 0 aliphatic carbocycles. The zero-order valence-electron chi connectivity index (χ0n) is 30.7. The van der Waals surface area contributed by atoms with Crippen LogP contribution < -0.4 is 0 Å². The quantitative estimate of drug-likeness (QED) is 0.0300. The lowest BCUT2D eigenvalue weighted by Gasteiger charge is -2.19. The molecule has 8 nitrogen and oxygen atoms in total. The van der Waals surface area contributed by atoms with Crippen LogP contribution in [0.15, 0.2) is 12.2 Å². The highest BCUT2D eigenvalue weighted by Crippen LogP contribution is 2.42. The van der Waals surface area contributed by atoms with E-state index in [-0.39, 0.29) is 19.0 Å². The van der Waals surface area contributed by atoms with Crippen molar-refractivity contribution in [2.75, 3.05) is 20.3 Å². The number of phosphoric ester groups is 1. The molecule has 0 aromatic heterocycles. The second-order valence-electron chi connectivity index (χ2n) is 13.1. The number of carbonyl (C=O) groups excluding carboxylic acids is 2. The average Bonchev–Trinajstić information content (AvgIpc) is 3.06. The highest BCUT2D eigenvalue weighted by Gasteiger charge is 2.24. The standard InChI is InChI=1S/C38H73O8P/c1-4-6-8-10-12-14-16-18-19-21-23-25-27-29-31-33-38(40)46-36(35-45-47(41,42)43-3)34-44-37(39)32-30-28-26-24-22-20-17-15-13-11-9-7-5-2/h18-19,36H,4-17,20-35H2,1-3H3,(H,41,42)/b19-18-. The number of unbranched alkanes of at least 4 members (excludes halogenated alkanes) is 23. The van der Waals surface area contributed by atoms with Crippen LogP contribution in [0.2, 0.25) is 0 Å². The Bertz CT molecular complexity index is 788. The molecule has 0 spiro atoms. The van der Waals surface area contributed by atoms with Gasteiger partial charge in [-0.3, -0.25) is 18.6 Å². The molecule has 0 aromatic rings. The Labute approximate surface area is 289 Å². The summed E-state index contributed by atoms with van der Waals surface area (Å²) in [6.07, 6.45) is 35.4. The van der Waals surface area contributed by atoms with Crippen molar-refractivity contribution >= 4 is 19.8 Å². The molecular formula is C38H73O8P. The first kappa shape index (κ1) is 45.8. The highest BCUT2D eigenvalue weighted by atomic mass is 31.2. The molecule has 0 amide bonds. The van der Waals surface area contributed by atoms with Crippen LogP contribution in [0.4, 0.5) is 0 Å². The van der Waals surface area contributed by atoms with Gasteiger partial charge in [0, 0.05) is 20.0 Å². The summed E-state index contributed by atoms with van der Waals surface area (Å²) in [7, 11) is -3.19. The van der Waals surface area contributed by atoms with Crippen LogP contribution >= 0.6 is 7.82 Å². The van der Waals surface area contributed by atoms with E-state index in [9.17, 15) is 19.0 Å². The third-order valence-corrected chi connectivity index (χ3v) is 9.45. The minimum Gasteiger partial charge on any atom is -0.462 e. The molecule has 47 heavy (non-hydrogen) atoms. The molecule has 1 N–H and O–H groups in total. The molecule has 278 valence electrons. The first-order valence-corrected chi connectivity index (χ1v) is 20.9. The summed E-state index contributed by atoms with van der Waals surface area (Å²) in [6.45, 7) is 3.88. The van der Waals surface area contributed by atoms with Gasteiger partial charge in [-0.05, 0) is 38.5 Å². The summed E-state index contributed by atoms with van der Waals surface area (Å²) < 4.78 is 31.9. The van der Waals surface area contributed by atoms with Gasteiger partial charge in [-0.15, -0.1) is 0 Å². The Hall–Kier alpha value is -1.21. The lowest BCUT2D eigenvalue weighted by atomic mass is 10.0. The Kier molecular flexibility index (Phi) is 33.8. The molecule has 0 aromatic carbocycles. The Balaban J connectivity index is 4.04. The van der Waals surface area contributed by atoms with Crippen LogP contribution in [-0.4, -0.2) is 43.3 Å². The van der Waals surface area contributed by atoms with Gasteiger partial charge in [0.2, 0.25) is 0 Å². The summed E-state index contributed by atoms with van der Waals surface area (Å²) in [4.78, 5) is 34.3. The van der Waals surface area contributed by atoms with E-state index in [2.05, 4.69) is 30.5 Å². The number of carbonyl (C=O) groups is 2. The van der Waals surface area contributed by atoms with E-state index in [1.807, 2.05) is 0 Å². The van der Waals surface area contributed by atoms with Crippen LogP contribution in [0.1, 0.15) is 194 Å². The molecular weight excluding hydrogens is 615 g/mol. The first-order valence-electron chi connectivity index (χ1n) is 19.4. The fourth-order valence-corrected chi connectivity index (χ4v) is 5.94. The SMILES string of the molecule is CCCCCCCC/C=C\CCCCCCCC(=O)OC(COC(=O)CCCCCCCCCCCCCCC)COP(=O)(O)OC. The van der Waals surface area contributed by atoms with Crippen molar-refractivity contribution in [2.24, 2.45) is 0 Å². The largest absolute Gasteiger partial charge is 0.472 e. The van der Waals surface area contributed by atoms with Gasteiger partial charge < -0.3 is 14.4 Å². The molecule has 0 rings (SSSR count). The number of hydrogen-bond donors (Lipinski definition) is 1. The Morgan fingerprint density at radius 1 is 0.574 bits per heavy atom. The number of allylic oxidation sites excluding steroid dienone is 2. The summed E-state index contributed by atoms with van der Waals surface area (Å²) in [5, 5.41) is 0. The van der Waals surface area contributed by atoms with Gasteiger partial charge >= 0.3 is 19.8 Å². The second kappa shape index (κ2) is 34.6. The van der Waals surface area contributed by atoms with E-state index in [0.717, 1.165) is 58.5 Å². The van der Waals surface area contributed by atoms with Crippen molar-refractivity contribution in [1.29, 1.82) is 0 Å². The monoisotopic (exact) mass is 689 g/mol. The van der Waals surface area contributed by atoms with Crippen molar-refractivity contribution in [3.63, 3.8) is 0 Å². The number of phosphoric acid groups is 1. The minimum atomic E-state index is -4.25. The van der Waals surface area contributed by atoms with Crippen molar-refractivity contribution in [3.05, 3.63) is 12.2 Å². The van der Waals surface area contributed by atoms with Crippen molar-refractivity contribution in [2.45, 2.75) is 200 Å². The zero-order chi connectivity index (χ0) is 34.7. The van der Waals surface area contributed by atoms with Gasteiger partial charge in [0.15, 0.2) is 6.10 Å². The van der Waals surface area contributed by atoms with Gasteiger partial charge in [-0.2, -0.15) is 0 Å². The molecule has 2 unspecified atom stereocenters. The Morgan fingerprint density at radius 3 is 1.38 bits per heavy atom. The maximum absolute atomic E-state index is 12.4. The molecule has 0 heterocycles. The van der Waals surface area contributed by atoms with Gasteiger partial charge in [-0.1, -0.05) is 154 Å². The minimum absolute atomic E-state index is 0.223. The van der Waals surface area contributed by atoms with Crippen LogP contribution in [0.5, 0.6) is 0 Å². The Morgan fingerprint density at radius 2 is 0.957 bits per heavy atom. The lowest BCUT2D eigenvalue weighted by molar-refractivity contribution is -0.161. The molecule has 0 saturated carbocycles. The van der Waals surface area contributed by atoms with Gasteiger partial charge in [0.1, 0.15) is 6.61 Å². The predicted molar refractivity (Wildman–Crippen MR) is 193 cm³/mol. The van der Waals surface area contributed by atoms with E-state index in [4.69, 9.17) is 14.0 Å². The van der Waals surface area contributed by atoms with E-state index < -0.39 is 26.5 Å². The maximum Gasteiger partial charge on any atom is 0.472 e. The molecule has 9 heteroatoms. The van der Waals surface area contributed by atoms with Crippen LogP contribution in [-0.2, 0) is 32.7 Å². The smallest absolute Gasteiger partial charge is 0.462 e. The molecule has 0 fully saturated rings. The van der Waals surface area contributed by atoms with Gasteiger partial charge in [0.25, 0.3) is 0 Å². The number of hydrogen-bond acceptors (Lipinski definition) is 7. The lowest BCUT2D eigenvalue weighted by Crippen LogP contribution is -2.29. The van der Waals surface area contributed by atoms with E-state index in [0.29, 0.717) is 12.8 Å². The fourth-order valence-electron chi connectivity index (χ4n) is 5.48. The topological polar surface area (TPSA) is 108 Å². The van der Waals surface area contributed by atoms with Gasteiger partial charge in [0.05, 0.1) is 6.61 Å².